The number of aromatic hydroxyl groups is 1. The molecule has 0 bridgehead atoms. The van der Waals surface area contributed by atoms with E-state index in [9.17, 15) is 5.11 Å². The van der Waals surface area contributed by atoms with Gasteiger partial charge in [0.2, 0.25) is 0 Å². The van der Waals surface area contributed by atoms with Gasteiger partial charge in [-0.3, -0.25) is 0 Å². The number of para-hydroxylation sites is 2. The molecule has 0 amide bonds. The standard InChI is InChI=1S/C27H32N2O2/c1-3-4-5-6-7-8-9-10-11-16-24-26-25(28-21-14-12-13-15-22(21)29-26)20-17-18-23(30)19(2)27(20)31-24/h12-18,30H,3-11H2,1-2H3/b24-16-. The Morgan fingerprint density at radius 3 is 2.19 bits per heavy atom. The van der Waals surface area contributed by atoms with E-state index in [1.54, 1.807) is 6.07 Å². The summed E-state index contributed by atoms with van der Waals surface area (Å²) in [7, 11) is 0. The molecule has 0 saturated heterocycles. The molecular formula is C27H32N2O2. The lowest BCUT2D eigenvalue weighted by Crippen LogP contribution is -2.10. The summed E-state index contributed by atoms with van der Waals surface area (Å²) in [6.07, 6.45) is 13.5. The van der Waals surface area contributed by atoms with Crippen LogP contribution in [-0.4, -0.2) is 15.1 Å². The molecule has 162 valence electrons. The highest BCUT2D eigenvalue weighted by atomic mass is 16.5. The molecule has 4 rings (SSSR count). The van der Waals surface area contributed by atoms with Crippen molar-refractivity contribution in [3.05, 3.63) is 53.7 Å². The van der Waals surface area contributed by atoms with Crippen molar-refractivity contribution in [2.24, 2.45) is 0 Å². The largest absolute Gasteiger partial charge is 0.508 e. The van der Waals surface area contributed by atoms with Crippen LogP contribution in [0.25, 0.3) is 28.0 Å². The number of allylic oxidation sites excluding steroid dienone is 1. The summed E-state index contributed by atoms with van der Waals surface area (Å²) in [6, 6.07) is 11.5. The Labute approximate surface area is 185 Å². The highest BCUT2D eigenvalue weighted by Gasteiger charge is 2.27. The third-order valence-corrected chi connectivity index (χ3v) is 6.04. The number of hydrogen-bond acceptors (Lipinski definition) is 4. The Bertz CT molecular complexity index is 1090. The molecule has 0 fully saturated rings. The molecule has 1 aliphatic rings. The summed E-state index contributed by atoms with van der Waals surface area (Å²) in [6.45, 7) is 4.14. The highest BCUT2D eigenvalue weighted by molar-refractivity contribution is 5.89. The first-order chi connectivity index (χ1) is 15.2. The fraction of sp³-hybridized carbons (Fsp3) is 0.407. The van der Waals surface area contributed by atoms with Crippen molar-refractivity contribution in [1.82, 2.24) is 9.97 Å². The molecule has 0 spiro atoms. The van der Waals surface area contributed by atoms with Crippen LogP contribution in [0.4, 0.5) is 0 Å². The molecule has 1 aromatic heterocycles. The first-order valence-electron chi connectivity index (χ1n) is 11.7. The Balaban J connectivity index is 1.54. The van der Waals surface area contributed by atoms with Crippen LogP contribution in [0.5, 0.6) is 11.5 Å². The van der Waals surface area contributed by atoms with E-state index < -0.39 is 0 Å². The van der Waals surface area contributed by atoms with Gasteiger partial charge in [-0.05, 0) is 50.1 Å². The molecule has 0 radical (unpaired) electrons. The van der Waals surface area contributed by atoms with E-state index in [1.165, 1.54) is 44.9 Å². The van der Waals surface area contributed by atoms with Crippen LogP contribution in [-0.2, 0) is 0 Å². The van der Waals surface area contributed by atoms with E-state index in [0.29, 0.717) is 5.75 Å². The fourth-order valence-electron chi connectivity index (χ4n) is 4.17. The van der Waals surface area contributed by atoms with Crippen LogP contribution in [0.2, 0.25) is 0 Å². The van der Waals surface area contributed by atoms with Gasteiger partial charge in [0.15, 0.2) is 5.76 Å². The first kappa shape index (κ1) is 21.4. The van der Waals surface area contributed by atoms with Gasteiger partial charge in [0.05, 0.1) is 11.0 Å². The van der Waals surface area contributed by atoms with Gasteiger partial charge in [-0.15, -0.1) is 0 Å². The predicted molar refractivity (Wildman–Crippen MR) is 127 cm³/mol. The highest BCUT2D eigenvalue weighted by Crippen LogP contribution is 2.45. The van der Waals surface area contributed by atoms with Crippen LogP contribution < -0.4 is 4.74 Å². The summed E-state index contributed by atoms with van der Waals surface area (Å²) in [5.74, 6) is 1.66. The number of phenols is 1. The minimum absolute atomic E-state index is 0.235. The van der Waals surface area contributed by atoms with Gasteiger partial charge in [-0.25, -0.2) is 9.97 Å². The van der Waals surface area contributed by atoms with Crippen molar-refractivity contribution in [1.29, 1.82) is 0 Å². The normalized spacial score (nSPS) is 13.8. The number of hydrogen-bond donors (Lipinski definition) is 1. The van der Waals surface area contributed by atoms with E-state index >= 15 is 0 Å². The molecule has 0 atom stereocenters. The van der Waals surface area contributed by atoms with Gasteiger partial charge < -0.3 is 9.84 Å². The third kappa shape index (κ3) is 4.73. The number of benzene rings is 2. The molecule has 4 heteroatoms. The Hall–Kier alpha value is -2.88. The van der Waals surface area contributed by atoms with Crippen molar-refractivity contribution in [2.75, 3.05) is 0 Å². The minimum atomic E-state index is 0.235. The molecule has 1 N–H and O–H groups in total. The molecule has 2 heterocycles. The number of phenolic OH excluding ortho intramolecular Hbond substituents is 1. The van der Waals surface area contributed by atoms with Gasteiger partial charge in [0, 0.05) is 11.1 Å². The Morgan fingerprint density at radius 2 is 1.48 bits per heavy atom. The molecule has 2 aromatic carbocycles. The van der Waals surface area contributed by atoms with Crippen LogP contribution >= 0.6 is 0 Å². The molecule has 0 aliphatic carbocycles. The molecule has 0 unspecified atom stereocenters. The number of ether oxygens (including phenoxy) is 1. The Kier molecular flexibility index (Phi) is 6.86. The van der Waals surface area contributed by atoms with E-state index in [4.69, 9.17) is 14.7 Å². The predicted octanol–water partition coefficient (Wildman–Crippen LogP) is 7.57. The molecule has 0 saturated carbocycles. The van der Waals surface area contributed by atoms with E-state index in [1.807, 2.05) is 37.3 Å². The molecule has 31 heavy (non-hydrogen) atoms. The number of rotatable bonds is 9. The topological polar surface area (TPSA) is 55.2 Å². The van der Waals surface area contributed by atoms with Crippen molar-refractivity contribution in [2.45, 2.75) is 71.6 Å². The lowest BCUT2D eigenvalue weighted by atomic mass is 9.99. The summed E-state index contributed by atoms with van der Waals surface area (Å²) < 4.78 is 6.29. The zero-order valence-electron chi connectivity index (χ0n) is 18.7. The minimum Gasteiger partial charge on any atom is -0.508 e. The van der Waals surface area contributed by atoms with Gasteiger partial charge >= 0.3 is 0 Å². The molecule has 1 aliphatic heterocycles. The second-order valence-corrected chi connectivity index (χ2v) is 8.43. The van der Waals surface area contributed by atoms with Crippen LogP contribution in [0.15, 0.2) is 42.5 Å². The summed E-state index contributed by atoms with van der Waals surface area (Å²) in [5.41, 5.74) is 4.95. The zero-order valence-corrected chi connectivity index (χ0v) is 18.7. The van der Waals surface area contributed by atoms with E-state index in [0.717, 1.165) is 52.1 Å². The monoisotopic (exact) mass is 416 g/mol. The molecular weight excluding hydrogens is 384 g/mol. The summed E-state index contributed by atoms with van der Waals surface area (Å²) in [4.78, 5) is 9.79. The van der Waals surface area contributed by atoms with Gasteiger partial charge in [-0.1, -0.05) is 64.0 Å². The van der Waals surface area contributed by atoms with Crippen LogP contribution in [0, 0.1) is 6.92 Å². The zero-order chi connectivity index (χ0) is 21.6. The quantitative estimate of drug-likeness (QED) is 0.365. The van der Waals surface area contributed by atoms with E-state index in [2.05, 4.69) is 13.0 Å². The number of unbranched alkanes of at least 4 members (excludes halogenated alkanes) is 8. The van der Waals surface area contributed by atoms with E-state index in [-0.39, 0.29) is 5.75 Å². The summed E-state index contributed by atoms with van der Waals surface area (Å²) in [5, 5.41) is 10.2. The average molecular weight is 417 g/mol. The maximum atomic E-state index is 10.2. The van der Waals surface area contributed by atoms with Gasteiger partial charge in [0.1, 0.15) is 22.9 Å². The van der Waals surface area contributed by atoms with Crippen molar-refractivity contribution >= 4 is 16.8 Å². The number of aromatic nitrogens is 2. The number of nitrogens with zero attached hydrogens (tertiary/aromatic N) is 2. The van der Waals surface area contributed by atoms with Crippen molar-refractivity contribution < 1.29 is 9.84 Å². The maximum absolute atomic E-state index is 10.2. The van der Waals surface area contributed by atoms with Crippen LogP contribution in [0.1, 0.15) is 76.0 Å². The van der Waals surface area contributed by atoms with Gasteiger partial charge in [0.25, 0.3) is 0 Å². The maximum Gasteiger partial charge on any atom is 0.151 e. The lowest BCUT2D eigenvalue weighted by molar-refractivity contribution is 0.455. The smallest absolute Gasteiger partial charge is 0.151 e. The van der Waals surface area contributed by atoms with Crippen LogP contribution in [0.3, 0.4) is 0 Å². The first-order valence-corrected chi connectivity index (χ1v) is 11.7. The molecule has 4 nitrogen and oxygen atoms in total. The second-order valence-electron chi connectivity index (χ2n) is 8.43. The third-order valence-electron chi connectivity index (χ3n) is 6.04. The van der Waals surface area contributed by atoms with Gasteiger partial charge in [-0.2, -0.15) is 0 Å². The number of fused-ring (bicyclic) bond motifs is 4. The second kappa shape index (κ2) is 9.95. The lowest BCUT2D eigenvalue weighted by Gasteiger charge is -2.23. The van der Waals surface area contributed by atoms with Crippen molar-refractivity contribution in [3.8, 4) is 22.8 Å². The SMILES string of the molecule is CCCCCCCCCC/C=C1\Oc2c(ccc(O)c2C)-c2nc3ccccc3nc21. The van der Waals surface area contributed by atoms with Crippen molar-refractivity contribution in [3.63, 3.8) is 0 Å². The fourth-order valence-corrected chi connectivity index (χ4v) is 4.17. The average Bonchev–Trinajstić information content (AvgIpc) is 2.79. The molecule has 3 aromatic rings. The Morgan fingerprint density at radius 1 is 0.839 bits per heavy atom. The summed E-state index contributed by atoms with van der Waals surface area (Å²) >= 11 is 0.